The molecule has 0 bridgehead atoms. The first-order valence-electron chi connectivity index (χ1n) is 10.4. The third-order valence-electron chi connectivity index (χ3n) is 5.17. The molecule has 1 amide bonds. The summed E-state index contributed by atoms with van der Waals surface area (Å²) in [6.07, 6.45) is 1.59. The maximum Gasteiger partial charge on any atom is 0.271 e. The molecule has 0 saturated heterocycles. The lowest BCUT2D eigenvalue weighted by Gasteiger charge is -2.13. The fourth-order valence-corrected chi connectivity index (χ4v) is 4.22. The molecule has 5 nitrogen and oxygen atoms in total. The molecule has 0 aliphatic rings. The standard InChI is InChI=1S/C27H23IN2O3/c1-18-10-12-19(13-11-18)17-33-26-24(28)14-20(15-25(26)32-2)16-29-30-27(31)23-9-5-7-21-6-3-4-8-22(21)23/h3-16H,17H2,1-2H3,(H,30,31)/b29-16-. The lowest BCUT2D eigenvalue weighted by Crippen LogP contribution is -2.17. The summed E-state index contributed by atoms with van der Waals surface area (Å²) in [6, 6.07) is 25.4. The van der Waals surface area contributed by atoms with Crippen molar-refractivity contribution in [1.29, 1.82) is 0 Å². The van der Waals surface area contributed by atoms with Crippen molar-refractivity contribution < 1.29 is 14.3 Å². The second-order valence-electron chi connectivity index (χ2n) is 7.53. The molecule has 166 valence electrons. The van der Waals surface area contributed by atoms with E-state index in [0.717, 1.165) is 25.5 Å². The maximum atomic E-state index is 12.7. The number of carbonyl (C=O) groups excluding carboxylic acids is 1. The van der Waals surface area contributed by atoms with Crippen molar-refractivity contribution >= 4 is 45.5 Å². The minimum absolute atomic E-state index is 0.261. The van der Waals surface area contributed by atoms with E-state index in [-0.39, 0.29) is 5.91 Å². The molecule has 4 aromatic rings. The Labute approximate surface area is 206 Å². The van der Waals surface area contributed by atoms with Crippen LogP contribution in [0.25, 0.3) is 10.8 Å². The van der Waals surface area contributed by atoms with Gasteiger partial charge in [0.15, 0.2) is 11.5 Å². The SMILES string of the molecule is COc1cc(/C=N\NC(=O)c2cccc3ccccc23)cc(I)c1OCc1ccc(C)cc1. The quantitative estimate of drug-likeness (QED) is 0.172. The molecule has 0 atom stereocenters. The Morgan fingerprint density at radius 2 is 1.79 bits per heavy atom. The number of hydrogen-bond acceptors (Lipinski definition) is 4. The minimum atomic E-state index is -0.261. The molecule has 0 aromatic heterocycles. The number of nitrogens with zero attached hydrogens (tertiary/aromatic N) is 1. The summed E-state index contributed by atoms with van der Waals surface area (Å²) < 4.78 is 12.5. The number of amides is 1. The van der Waals surface area contributed by atoms with Crippen molar-refractivity contribution in [2.24, 2.45) is 5.10 Å². The molecule has 4 rings (SSSR count). The molecule has 0 saturated carbocycles. The first-order chi connectivity index (χ1) is 16.0. The van der Waals surface area contributed by atoms with Crippen molar-refractivity contribution in [3.8, 4) is 11.5 Å². The third-order valence-corrected chi connectivity index (χ3v) is 5.97. The molecular formula is C27H23IN2O3. The number of methoxy groups -OCH3 is 1. The average molecular weight is 550 g/mol. The largest absolute Gasteiger partial charge is 0.493 e. The van der Waals surface area contributed by atoms with E-state index < -0.39 is 0 Å². The topological polar surface area (TPSA) is 59.9 Å². The van der Waals surface area contributed by atoms with Crippen LogP contribution in [-0.4, -0.2) is 19.2 Å². The highest BCUT2D eigenvalue weighted by atomic mass is 127. The average Bonchev–Trinajstić information content (AvgIpc) is 2.83. The van der Waals surface area contributed by atoms with Gasteiger partial charge >= 0.3 is 0 Å². The van der Waals surface area contributed by atoms with E-state index in [1.165, 1.54) is 5.56 Å². The summed E-state index contributed by atoms with van der Waals surface area (Å²) in [5, 5.41) is 6.05. The van der Waals surface area contributed by atoms with Crippen LogP contribution < -0.4 is 14.9 Å². The molecule has 0 heterocycles. The van der Waals surface area contributed by atoms with Crippen LogP contribution in [0.5, 0.6) is 11.5 Å². The zero-order valence-corrected chi connectivity index (χ0v) is 20.5. The predicted molar refractivity (Wildman–Crippen MR) is 140 cm³/mol. The summed E-state index contributed by atoms with van der Waals surface area (Å²) in [5.41, 5.74) is 6.28. The van der Waals surface area contributed by atoms with Crippen molar-refractivity contribution in [3.05, 3.63) is 105 Å². The van der Waals surface area contributed by atoms with Gasteiger partial charge in [0.1, 0.15) is 6.61 Å². The molecule has 1 N–H and O–H groups in total. The minimum Gasteiger partial charge on any atom is -0.493 e. The van der Waals surface area contributed by atoms with Crippen LogP contribution in [0.4, 0.5) is 0 Å². The number of ether oxygens (including phenoxy) is 2. The van der Waals surface area contributed by atoms with Crippen LogP contribution in [0.15, 0.2) is 84.0 Å². The van der Waals surface area contributed by atoms with Gasteiger partial charge in [-0.25, -0.2) is 5.43 Å². The van der Waals surface area contributed by atoms with Crippen molar-refractivity contribution in [3.63, 3.8) is 0 Å². The van der Waals surface area contributed by atoms with E-state index in [1.807, 2.05) is 60.7 Å². The van der Waals surface area contributed by atoms with Gasteiger partial charge in [-0.15, -0.1) is 0 Å². The number of halogens is 1. The van der Waals surface area contributed by atoms with Gasteiger partial charge in [0, 0.05) is 5.56 Å². The Morgan fingerprint density at radius 1 is 1.03 bits per heavy atom. The van der Waals surface area contributed by atoms with Crippen LogP contribution in [0.1, 0.15) is 27.0 Å². The third kappa shape index (κ3) is 5.51. The van der Waals surface area contributed by atoms with Crippen LogP contribution in [0.2, 0.25) is 0 Å². The summed E-state index contributed by atoms with van der Waals surface area (Å²) in [4.78, 5) is 12.7. The number of aryl methyl sites for hydroxylation is 1. The van der Waals surface area contributed by atoms with Gasteiger partial charge < -0.3 is 9.47 Å². The first kappa shape index (κ1) is 22.8. The molecule has 0 radical (unpaired) electrons. The Bertz CT molecular complexity index is 1310. The summed E-state index contributed by atoms with van der Waals surface area (Å²) in [7, 11) is 1.60. The van der Waals surface area contributed by atoms with Gasteiger partial charge in [0.25, 0.3) is 5.91 Å². The summed E-state index contributed by atoms with van der Waals surface area (Å²) >= 11 is 2.21. The molecule has 0 aliphatic carbocycles. The van der Waals surface area contributed by atoms with Crippen molar-refractivity contribution in [2.45, 2.75) is 13.5 Å². The number of nitrogens with one attached hydrogen (secondary N) is 1. The highest BCUT2D eigenvalue weighted by Gasteiger charge is 2.12. The fourth-order valence-electron chi connectivity index (χ4n) is 3.44. The van der Waals surface area contributed by atoms with Gasteiger partial charge in [-0.2, -0.15) is 5.10 Å². The highest BCUT2D eigenvalue weighted by molar-refractivity contribution is 14.1. The molecule has 33 heavy (non-hydrogen) atoms. The lowest BCUT2D eigenvalue weighted by molar-refractivity contribution is 0.0957. The van der Waals surface area contributed by atoms with Gasteiger partial charge in [0.2, 0.25) is 0 Å². The Balaban J connectivity index is 1.47. The number of carbonyl (C=O) groups is 1. The molecule has 0 spiro atoms. The number of hydrogen-bond donors (Lipinski definition) is 1. The van der Waals surface area contributed by atoms with Gasteiger partial charge in [0.05, 0.1) is 16.9 Å². The first-order valence-corrected chi connectivity index (χ1v) is 11.5. The van der Waals surface area contributed by atoms with E-state index >= 15 is 0 Å². The van der Waals surface area contributed by atoms with E-state index in [9.17, 15) is 4.79 Å². The van der Waals surface area contributed by atoms with Crippen LogP contribution in [0.3, 0.4) is 0 Å². The molecule has 4 aromatic carbocycles. The highest BCUT2D eigenvalue weighted by Crippen LogP contribution is 2.34. The lowest BCUT2D eigenvalue weighted by atomic mass is 10.0. The Hall–Kier alpha value is -3.39. The number of rotatable bonds is 7. The van der Waals surface area contributed by atoms with Gasteiger partial charge in [-0.1, -0.05) is 66.2 Å². The Kier molecular flexibility index (Phi) is 7.24. The molecular weight excluding hydrogens is 527 g/mol. The monoisotopic (exact) mass is 550 g/mol. The van der Waals surface area contributed by atoms with Crippen molar-refractivity contribution in [1.82, 2.24) is 5.43 Å². The van der Waals surface area contributed by atoms with Crippen LogP contribution in [0, 0.1) is 10.5 Å². The second kappa shape index (κ2) is 10.5. The predicted octanol–water partition coefficient (Wildman–Crippen LogP) is 6.10. The van der Waals surface area contributed by atoms with E-state index in [4.69, 9.17) is 9.47 Å². The van der Waals surface area contributed by atoms with E-state index in [0.29, 0.717) is 23.7 Å². The van der Waals surface area contributed by atoms with Crippen LogP contribution >= 0.6 is 22.6 Å². The van der Waals surface area contributed by atoms with E-state index in [1.54, 1.807) is 19.4 Å². The maximum absolute atomic E-state index is 12.7. The number of hydrazone groups is 1. The number of benzene rings is 4. The molecule has 0 unspecified atom stereocenters. The van der Waals surface area contributed by atoms with Crippen LogP contribution in [-0.2, 0) is 6.61 Å². The normalized spacial score (nSPS) is 11.0. The summed E-state index contributed by atoms with van der Waals surface area (Å²) in [5.74, 6) is 1.02. The summed E-state index contributed by atoms with van der Waals surface area (Å²) in [6.45, 7) is 2.50. The van der Waals surface area contributed by atoms with Crippen molar-refractivity contribution in [2.75, 3.05) is 7.11 Å². The zero-order valence-electron chi connectivity index (χ0n) is 18.3. The van der Waals surface area contributed by atoms with E-state index in [2.05, 4.69) is 52.2 Å². The molecule has 6 heteroatoms. The number of fused-ring (bicyclic) bond motifs is 1. The Morgan fingerprint density at radius 3 is 2.58 bits per heavy atom. The van der Waals surface area contributed by atoms with Gasteiger partial charge in [-0.3, -0.25) is 4.79 Å². The second-order valence-corrected chi connectivity index (χ2v) is 8.70. The van der Waals surface area contributed by atoms with Gasteiger partial charge in [-0.05, 0) is 69.6 Å². The molecule has 0 aliphatic heterocycles. The zero-order chi connectivity index (χ0) is 23.2. The molecule has 0 fully saturated rings. The smallest absolute Gasteiger partial charge is 0.271 e. The fraction of sp³-hybridized carbons (Fsp3) is 0.111.